The van der Waals surface area contributed by atoms with Gasteiger partial charge in [-0.15, -0.1) is 22.7 Å². The largest absolute Gasteiger partial charge is 0.484 e. The van der Waals surface area contributed by atoms with Gasteiger partial charge in [0.2, 0.25) is 0 Å². The van der Waals surface area contributed by atoms with Gasteiger partial charge in [-0.25, -0.2) is 0 Å². The number of nitrogens with zero attached hydrogens (tertiary/aromatic N) is 1. The molecule has 2 aliphatic rings. The Morgan fingerprint density at radius 3 is 1.80 bits per heavy atom. The highest BCUT2D eigenvalue weighted by atomic mass is 32.1. The van der Waals surface area contributed by atoms with Crippen molar-refractivity contribution in [2.45, 2.75) is 143 Å². The summed E-state index contributed by atoms with van der Waals surface area (Å²) in [6.45, 7) is 15.9. The molecule has 6 aromatic rings. The molecular weight excluding hydrogens is 735 g/mol. The van der Waals surface area contributed by atoms with Crippen LogP contribution in [0.25, 0.3) is 52.1 Å². The quantitative estimate of drug-likeness (QED) is 0.0722. The maximum atomic E-state index is 7.07. The zero-order valence-corrected chi connectivity index (χ0v) is 36.8. The van der Waals surface area contributed by atoms with Gasteiger partial charge in [0.15, 0.2) is 5.06 Å². The number of ether oxygens (including phenoxy) is 3. The molecule has 0 radical (unpaired) electrons. The predicted octanol–water partition coefficient (Wildman–Crippen LogP) is 15.4. The fraction of sp³-hybridized carbons (Fsp3) is 0.542. The first-order valence-corrected chi connectivity index (χ1v) is 23.9. The van der Waals surface area contributed by atoms with E-state index in [-0.39, 0.29) is 0 Å². The van der Waals surface area contributed by atoms with E-state index < -0.39 is 11.2 Å². The van der Waals surface area contributed by atoms with Crippen molar-refractivity contribution in [3.63, 3.8) is 0 Å². The molecule has 2 unspecified atom stereocenters. The lowest BCUT2D eigenvalue weighted by Gasteiger charge is -2.29. The van der Waals surface area contributed by atoms with Gasteiger partial charge >= 0.3 is 0 Å². The molecule has 4 heterocycles. The first kappa shape index (κ1) is 39.2. The summed E-state index contributed by atoms with van der Waals surface area (Å²) in [6.07, 6.45) is 17.8. The number of hydrogen-bond donors (Lipinski definition) is 0. The lowest BCUT2D eigenvalue weighted by Crippen LogP contribution is -2.26. The smallest absolute Gasteiger partial charge is 0.176 e. The van der Waals surface area contributed by atoms with Gasteiger partial charge in [-0.3, -0.25) is 0 Å². The van der Waals surface area contributed by atoms with Crippen molar-refractivity contribution in [3.8, 4) is 25.9 Å². The zero-order valence-electron chi connectivity index (χ0n) is 34.4. The number of thiophene rings is 3. The van der Waals surface area contributed by atoms with Gasteiger partial charge in [0.05, 0.1) is 27.0 Å². The van der Waals surface area contributed by atoms with Crippen LogP contribution in [0.3, 0.4) is 0 Å². The van der Waals surface area contributed by atoms with Gasteiger partial charge in [-0.05, 0) is 103 Å². The number of fused-ring (bicyclic) bond motifs is 11. The average molecular weight is 796 g/mol. The lowest BCUT2D eigenvalue weighted by molar-refractivity contribution is -0.00211. The van der Waals surface area contributed by atoms with Gasteiger partial charge in [-0.1, -0.05) is 103 Å². The van der Waals surface area contributed by atoms with E-state index in [1.165, 1.54) is 137 Å². The maximum absolute atomic E-state index is 7.07. The third-order valence-electron chi connectivity index (χ3n) is 12.5. The molecule has 0 aliphatic heterocycles. The summed E-state index contributed by atoms with van der Waals surface area (Å²) in [4.78, 5) is 4.07. The molecule has 0 spiro atoms. The van der Waals surface area contributed by atoms with Gasteiger partial charge in [0.1, 0.15) is 11.2 Å². The van der Waals surface area contributed by atoms with Crippen LogP contribution in [0.15, 0.2) is 36.4 Å². The summed E-state index contributed by atoms with van der Waals surface area (Å²) in [5.74, 6) is 0. The molecule has 8 rings (SSSR count). The highest BCUT2D eigenvalue weighted by molar-refractivity contribution is 7.30. The molecule has 0 N–H and O–H groups in total. The number of rotatable bonds is 20. The second-order valence-corrected chi connectivity index (χ2v) is 19.9. The Bertz CT molecular complexity index is 2300. The standard InChI is InChI=1S/C48H61NO3S3/c1-8-11-14-15-16-17-18-19-20-21-22-50-40-30-39-45(54-40)46-42(49(39)7)41-44(55-46)35-27-33-28-36-34(26-32(33)29-37(35)48(41,6)52-24-13-10-3)43-38(25-31(4)53-43)47(36,5)51-23-12-9-2/h25-30H,8-24H2,1-7H3. The Morgan fingerprint density at radius 2 is 1.15 bits per heavy atom. The minimum absolute atomic E-state index is 0.434. The minimum atomic E-state index is -0.531. The number of unbranched alkanes of at least 4 members (excludes halogenated alkanes) is 11. The third-order valence-corrected chi connectivity index (χ3v) is 16.0. The summed E-state index contributed by atoms with van der Waals surface area (Å²) >= 11 is 5.68. The van der Waals surface area contributed by atoms with Gasteiger partial charge in [-0.2, -0.15) is 0 Å². The van der Waals surface area contributed by atoms with Crippen LogP contribution in [0.5, 0.6) is 5.06 Å². The average Bonchev–Trinajstić information content (AvgIpc) is 3.99. The highest BCUT2D eigenvalue weighted by Crippen LogP contribution is 2.60. The number of aryl methyl sites for hydroxylation is 2. The van der Waals surface area contributed by atoms with E-state index in [0.29, 0.717) is 0 Å². The molecule has 0 bridgehead atoms. The van der Waals surface area contributed by atoms with E-state index in [4.69, 9.17) is 14.2 Å². The lowest BCUT2D eigenvalue weighted by atomic mass is 9.88. The van der Waals surface area contributed by atoms with Gasteiger partial charge in [0, 0.05) is 52.1 Å². The first-order valence-electron chi connectivity index (χ1n) is 21.4. The van der Waals surface area contributed by atoms with Crippen LogP contribution in [0, 0.1) is 6.92 Å². The number of aromatic nitrogens is 1. The molecule has 2 aromatic carbocycles. The van der Waals surface area contributed by atoms with Crippen molar-refractivity contribution in [2.75, 3.05) is 19.8 Å². The molecule has 294 valence electrons. The Kier molecular flexibility index (Phi) is 11.6. The molecule has 2 atom stereocenters. The van der Waals surface area contributed by atoms with Crippen LogP contribution in [0.1, 0.15) is 152 Å². The van der Waals surface area contributed by atoms with Crippen LogP contribution < -0.4 is 4.74 Å². The zero-order chi connectivity index (χ0) is 38.3. The van der Waals surface area contributed by atoms with Crippen molar-refractivity contribution in [1.29, 1.82) is 0 Å². The first-order chi connectivity index (χ1) is 26.7. The van der Waals surface area contributed by atoms with E-state index in [2.05, 4.69) is 89.6 Å². The van der Waals surface area contributed by atoms with Crippen LogP contribution in [-0.2, 0) is 27.7 Å². The second kappa shape index (κ2) is 16.3. The van der Waals surface area contributed by atoms with Gasteiger partial charge in [0.25, 0.3) is 0 Å². The minimum Gasteiger partial charge on any atom is -0.484 e. The Labute approximate surface area is 341 Å². The van der Waals surface area contributed by atoms with Crippen LogP contribution in [-0.4, -0.2) is 24.4 Å². The van der Waals surface area contributed by atoms with Crippen LogP contribution in [0.4, 0.5) is 0 Å². The van der Waals surface area contributed by atoms with E-state index in [0.717, 1.165) is 57.0 Å². The molecule has 7 heteroatoms. The van der Waals surface area contributed by atoms with Crippen LogP contribution in [0.2, 0.25) is 0 Å². The molecule has 0 saturated carbocycles. The van der Waals surface area contributed by atoms with Crippen LogP contribution >= 0.6 is 34.0 Å². The maximum Gasteiger partial charge on any atom is 0.176 e. The summed E-state index contributed by atoms with van der Waals surface area (Å²) in [6, 6.07) is 14.4. The molecule has 0 amide bonds. The fourth-order valence-corrected chi connectivity index (χ4v) is 13.1. The Hall–Kier alpha value is -2.68. The normalized spacial score (nSPS) is 18.5. The highest BCUT2D eigenvalue weighted by Gasteiger charge is 2.46. The molecule has 0 fully saturated rings. The SMILES string of the molecule is CCCCCCCCCCCCOc1cc2c(s1)c1sc3c(c1n2C)C(C)(OCCCC)c1cc2cc4c(cc2cc1-3)C(C)(OCCCC)c1cc(C)sc1-4. The monoisotopic (exact) mass is 795 g/mol. The molecule has 55 heavy (non-hydrogen) atoms. The fourth-order valence-electron chi connectivity index (χ4n) is 9.26. The van der Waals surface area contributed by atoms with Gasteiger partial charge < -0.3 is 18.8 Å². The van der Waals surface area contributed by atoms with Crippen molar-refractivity contribution in [1.82, 2.24) is 4.57 Å². The van der Waals surface area contributed by atoms with Crippen molar-refractivity contribution in [3.05, 3.63) is 63.5 Å². The molecule has 4 nitrogen and oxygen atoms in total. The molecule has 4 aromatic heterocycles. The van der Waals surface area contributed by atoms with E-state index in [1.54, 1.807) is 0 Å². The Morgan fingerprint density at radius 1 is 0.564 bits per heavy atom. The summed E-state index contributed by atoms with van der Waals surface area (Å²) in [5.41, 5.74) is 9.54. The Balaban J connectivity index is 1.10. The van der Waals surface area contributed by atoms with E-state index >= 15 is 0 Å². The topological polar surface area (TPSA) is 32.6 Å². The van der Waals surface area contributed by atoms with Crippen molar-refractivity contribution in [2.24, 2.45) is 7.05 Å². The summed E-state index contributed by atoms with van der Waals surface area (Å²) in [7, 11) is 2.24. The van der Waals surface area contributed by atoms with E-state index in [9.17, 15) is 0 Å². The second-order valence-electron chi connectivity index (χ2n) is 16.6. The number of hydrogen-bond acceptors (Lipinski definition) is 6. The molecular formula is C48H61NO3S3. The molecule has 0 saturated heterocycles. The van der Waals surface area contributed by atoms with E-state index in [1.807, 2.05) is 34.0 Å². The third kappa shape index (κ3) is 6.92. The molecule has 2 aliphatic carbocycles. The summed E-state index contributed by atoms with van der Waals surface area (Å²) < 4.78 is 25.4. The number of benzene rings is 2. The predicted molar refractivity (Wildman–Crippen MR) is 239 cm³/mol. The summed E-state index contributed by atoms with van der Waals surface area (Å²) in [5, 5.41) is 3.60. The van der Waals surface area contributed by atoms with Crippen molar-refractivity contribution >= 4 is 65.2 Å². The van der Waals surface area contributed by atoms with Crippen molar-refractivity contribution < 1.29 is 14.2 Å².